The molecule has 41 heavy (non-hydrogen) atoms. The lowest BCUT2D eigenvalue weighted by atomic mass is 9.98. The molecule has 1 N–H and O–H groups in total. The molecule has 1 aromatic heterocycles. The number of halogens is 1. The van der Waals surface area contributed by atoms with E-state index in [9.17, 15) is 18.0 Å². The number of aromatic nitrogens is 1. The van der Waals surface area contributed by atoms with Crippen molar-refractivity contribution in [1.29, 1.82) is 0 Å². The molecular formula is C29H38ClN5O5S. The molecule has 0 unspecified atom stereocenters. The number of hydrogen-bond donors (Lipinski definition) is 1. The summed E-state index contributed by atoms with van der Waals surface area (Å²) in [7, 11) is -2.46. The first-order valence-electron chi connectivity index (χ1n) is 14.3. The molecule has 5 rings (SSSR count). The number of carbonyl (C=O) groups is 2. The summed E-state index contributed by atoms with van der Waals surface area (Å²) in [5.74, 6) is 1.00. The van der Waals surface area contributed by atoms with Crippen LogP contribution >= 0.6 is 11.6 Å². The highest BCUT2D eigenvalue weighted by Crippen LogP contribution is 2.46. The summed E-state index contributed by atoms with van der Waals surface area (Å²) in [6, 6.07) is 5.00. The van der Waals surface area contributed by atoms with Crippen molar-refractivity contribution in [3.05, 3.63) is 40.1 Å². The Kier molecular flexibility index (Phi) is 7.97. The van der Waals surface area contributed by atoms with Gasteiger partial charge in [0.05, 0.1) is 11.4 Å². The minimum Gasteiger partial charge on any atom is -0.358 e. The number of unbranched alkanes of at least 4 members (excludes halogenated alkanes) is 1. The van der Waals surface area contributed by atoms with Crippen LogP contribution in [0.1, 0.15) is 88.5 Å². The van der Waals surface area contributed by atoms with Gasteiger partial charge in [0.1, 0.15) is 16.4 Å². The summed E-state index contributed by atoms with van der Waals surface area (Å²) >= 11 is 6.18. The molecule has 12 heteroatoms. The van der Waals surface area contributed by atoms with Gasteiger partial charge in [-0.3, -0.25) is 24.2 Å². The molecule has 222 valence electrons. The molecule has 3 aliphatic rings. The van der Waals surface area contributed by atoms with Gasteiger partial charge in [-0.1, -0.05) is 62.0 Å². The Labute approximate surface area is 246 Å². The maximum Gasteiger partial charge on any atom is 0.263 e. The van der Waals surface area contributed by atoms with Crippen molar-refractivity contribution < 1.29 is 22.5 Å². The molecule has 0 saturated heterocycles. The van der Waals surface area contributed by atoms with E-state index in [1.807, 2.05) is 6.92 Å². The second kappa shape index (κ2) is 11.1. The third kappa shape index (κ3) is 5.75. The summed E-state index contributed by atoms with van der Waals surface area (Å²) in [4.78, 5) is 35.1. The van der Waals surface area contributed by atoms with E-state index >= 15 is 0 Å². The average Bonchev–Trinajstić information content (AvgIpc) is 3.25. The second-order valence-corrected chi connectivity index (χ2v) is 14.0. The lowest BCUT2D eigenvalue weighted by Crippen LogP contribution is -2.40. The molecule has 0 bridgehead atoms. The highest BCUT2D eigenvalue weighted by atomic mass is 35.5. The topological polar surface area (TPSA) is 125 Å². The number of sulfonamides is 1. The van der Waals surface area contributed by atoms with Crippen LogP contribution in [0.15, 0.2) is 32.6 Å². The summed E-state index contributed by atoms with van der Waals surface area (Å²) in [5, 5.41) is 3.81. The molecule has 2 amide bonds. The Morgan fingerprint density at radius 3 is 2.54 bits per heavy atom. The number of nitrogens with zero attached hydrogens (tertiary/aromatic N) is 4. The van der Waals surface area contributed by atoms with Crippen molar-refractivity contribution >= 4 is 45.1 Å². The van der Waals surface area contributed by atoms with Crippen molar-refractivity contribution in [3.8, 4) is 0 Å². The molecule has 2 saturated carbocycles. The van der Waals surface area contributed by atoms with Crippen LogP contribution in [0.2, 0.25) is 5.02 Å². The Morgan fingerprint density at radius 2 is 1.93 bits per heavy atom. The first-order valence-corrected chi connectivity index (χ1v) is 16.2. The number of aliphatic imine (C=N–C) groups is 1. The van der Waals surface area contributed by atoms with Crippen molar-refractivity contribution in [1.82, 2.24) is 15.0 Å². The quantitative estimate of drug-likeness (QED) is 0.365. The fourth-order valence-corrected chi connectivity index (χ4v) is 7.19. The zero-order valence-electron chi connectivity index (χ0n) is 24.1. The van der Waals surface area contributed by atoms with Gasteiger partial charge in [-0.15, -0.1) is 0 Å². The molecule has 2 fully saturated rings. The van der Waals surface area contributed by atoms with Crippen LogP contribution < -0.4 is 4.72 Å². The predicted molar refractivity (Wildman–Crippen MR) is 156 cm³/mol. The van der Waals surface area contributed by atoms with Crippen molar-refractivity contribution in [3.63, 3.8) is 0 Å². The van der Waals surface area contributed by atoms with Gasteiger partial charge in [0, 0.05) is 25.4 Å². The van der Waals surface area contributed by atoms with Gasteiger partial charge in [-0.25, -0.2) is 8.42 Å². The fraction of sp³-hybridized carbons (Fsp3) is 0.586. The van der Waals surface area contributed by atoms with Gasteiger partial charge in [-0.2, -0.15) is 0 Å². The van der Waals surface area contributed by atoms with E-state index in [0.717, 1.165) is 69.2 Å². The fourth-order valence-electron chi connectivity index (χ4n) is 5.79. The van der Waals surface area contributed by atoms with E-state index < -0.39 is 21.0 Å². The number of anilines is 1. The number of benzene rings is 1. The minimum absolute atomic E-state index is 0.00143. The van der Waals surface area contributed by atoms with Gasteiger partial charge < -0.3 is 9.42 Å². The molecule has 1 spiro atoms. The Morgan fingerprint density at radius 1 is 1.22 bits per heavy atom. The van der Waals surface area contributed by atoms with Gasteiger partial charge >= 0.3 is 0 Å². The van der Waals surface area contributed by atoms with E-state index in [1.54, 1.807) is 35.9 Å². The van der Waals surface area contributed by atoms with Crippen LogP contribution in [0.3, 0.4) is 0 Å². The van der Waals surface area contributed by atoms with E-state index in [0.29, 0.717) is 11.3 Å². The lowest BCUT2D eigenvalue weighted by molar-refractivity contribution is -0.135. The number of hydrogen-bond acceptors (Lipinski definition) is 7. The molecule has 0 atom stereocenters. The van der Waals surface area contributed by atoms with E-state index in [4.69, 9.17) is 21.1 Å². The Bertz CT molecular complexity index is 1490. The molecule has 2 aromatic rings. The number of rotatable bonds is 11. The average molecular weight is 604 g/mol. The number of nitrogens with one attached hydrogen (secondary N) is 1. The van der Waals surface area contributed by atoms with E-state index in [2.05, 4.69) is 16.8 Å². The number of aryl methyl sites for hydroxylation is 1. The molecular weight excluding hydrogens is 566 g/mol. The largest absolute Gasteiger partial charge is 0.358 e. The molecule has 2 aliphatic carbocycles. The smallest absolute Gasteiger partial charge is 0.263 e. The second-order valence-electron chi connectivity index (χ2n) is 11.9. The Balaban J connectivity index is 1.47. The summed E-state index contributed by atoms with van der Waals surface area (Å²) in [6.07, 6.45) is 7.78. The van der Waals surface area contributed by atoms with E-state index in [1.165, 1.54) is 6.07 Å². The first-order chi connectivity index (χ1) is 19.4. The highest BCUT2D eigenvalue weighted by Gasteiger charge is 2.49. The van der Waals surface area contributed by atoms with Crippen molar-refractivity contribution in [2.24, 2.45) is 10.4 Å². The zero-order valence-corrected chi connectivity index (χ0v) is 25.7. The first kappa shape index (κ1) is 29.6. The minimum atomic E-state index is -4.14. The molecule has 0 radical (unpaired) electrons. The number of amides is 2. The Hall–Kier alpha value is -2.92. The standard InChI is InChI=1S/C29H38ClN5O5S/c1-5-6-9-23-31-29(12-7-8-13-29)27(37)35(23)17-20-10-11-22(41(38,39)33-25-24(30)19(2)40-32-25)21(16-20)18-34(4)26(36)28(3)14-15-28/h10-11,16H,5-9,12-15,17-18H2,1-4H3,(H,32,33). The normalized spacial score (nSPS) is 19.1. The van der Waals surface area contributed by atoms with Crippen LogP contribution in [-0.4, -0.2) is 53.6 Å². The van der Waals surface area contributed by atoms with Crippen LogP contribution in [0.5, 0.6) is 0 Å². The summed E-state index contributed by atoms with van der Waals surface area (Å²) in [6.45, 7) is 5.98. The van der Waals surface area contributed by atoms with Crippen LogP contribution in [0.25, 0.3) is 0 Å². The van der Waals surface area contributed by atoms with Gasteiger partial charge in [-0.05, 0) is 56.2 Å². The van der Waals surface area contributed by atoms with Crippen molar-refractivity contribution in [2.45, 2.75) is 102 Å². The highest BCUT2D eigenvalue weighted by molar-refractivity contribution is 7.92. The third-order valence-electron chi connectivity index (χ3n) is 8.53. The predicted octanol–water partition coefficient (Wildman–Crippen LogP) is 5.44. The van der Waals surface area contributed by atoms with Crippen molar-refractivity contribution in [2.75, 3.05) is 11.8 Å². The van der Waals surface area contributed by atoms with Gasteiger partial charge in [0.2, 0.25) is 11.7 Å². The number of amidine groups is 1. The third-order valence-corrected chi connectivity index (χ3v) is 10.4. The molecule has 1 aromatic carbocycles. The van der Waals surface area contributed by atoms with Gasteiger partial charge in [0.15, 0.2) is 5.76 Å². The van der Waals surface area contributed by atoms with Crippen LogP contribution in [-0.2, 0) is 32.7 Å². The lowest BCUT2D eigenvalue weighted by Gasteiger charge is -2.25. The zero-order chi connectivity index (χ0) is 29.6. The van der Waals surface area contributed by atoms with Gasteiger partial charge in [0.25, 0.3) is 15.9 Å². The maximum atomic E-state index is 13.7. The molecule has 10 nitrogen and oxygen atoms in total. The maximum absolute atomic E-state index is 13.7. The summed E-state index contributed by atoms with van der Waals surface area (Å²) in [5.41, 5.74) is 0.138. The number of carbonyl (C=O) groups excluding carboxylic acids is 2. The SMILES string of the molecule is CCCCC1=NC2(CCCC2)C(=O)N1Cc1ccc(S(=O)(=O)Nc2noc(C)c2Cl)c(CN(C)C(=O)C2(C)CC2)c1. The molecule has 2 heterocycles. The monoisotopic (exact) mass is 603 g/mol. The van der Waals surface area contributed by atoms with Crippen LogP contribution in [0, 0.1) is 12.3 Å². The van der Waals surface area contributed by atoms with Crippen LogP contribution in [0.4, 0.5) is 5.82 Å². The van der Waals surface area contributed by atoms with E-state index in [-0.39, 0.29) is 40.6 Å². The summed E-state index contributed by atoms with van der Waals surface area (Å²) < 4.78 is 34.5. The molecule has 1 aliphatic heterocycles.